The number of nitrogens with zero attached hydrogens (tertiary/aromatic N) is 1. The van der Waals surface area contributed by atoms with Gasteiger partial charge in [0, 0.05) is 28.5 Å². The van der Waals surface area contributed by atoms with Crippen LogP contribution >= 0.6 is 0 Å². The van der Waals surface area contributed by atoms with Crippen LogP contribution < -0.4 is 11.1 Å². The molecule has 1 heterocycles. The van der Waals surface area contributed by atoms with Gasteiger partial charge in [-0.15, -0.1) is 0 Å². The number of primary amides is 1. The topological polar surface area (TPSA) is 190 Å². The number of aliphatic hydroxyl groups excluding tert-OH is 2. The van der Waals surface area contributed by atoms with Crippen LogP contribution in [0.15, 0.2) is 16.9 Å². The van der Waals surface area contributed by atoms with Crippen molar-refractivity contribution in [2.24, 2.45) is 23.5 Å². The molecule has 39 heavy (non-hydrogen) atoms. The Balaban J connectivity index is 1.71. The van der Waals surface area contributed by atoms with Crippen LogP contribution in [0.2, 0.25) is 0 Å². The van der Waals surface area contributed by atoms with Crippen molar-refractivity contribution in [2.75, 3.05) is 19.4 Å². The van der Waals surface area contributed by atoms with E-state index in [9.17, 15) is 39.6 Å². The van der Waals surface area contributed by atoms with Crippen molar-refractivity contribution in [1.29, 1.82) is 0 Å². The van der Waals surface area contributed by atoms with E-state index in [2.05, 4.69) is 5.32 Å². The molecule has 1 aromatic rings. The highest BCUT2D eigenvalue weighted by Crippen LogP contribution is 2.54. The van der Waals surface area contributed by atoms with Gasteiger partial charge in [0.25, 0.3) is 5.91 Å². The van der Waals surface area contributed by atoms with Crippen molar-refractivity contribution in [2.45, 2.75) is 50.7 Å². The first kappa shape index (κ1) is 26.8. The van der Waals surface area contributed by atoms with Gasteiger partial charge in [-0.1, -0.05) is 13.3 Å². The van der Waals surface area contributed by atoms with E-state index in [-0.39, 0.29) is 41.6 Å². The number of aromatic hydroxyl groups is 1. The number of Topliss-reactive ketones (excluding diaryl/α,β-unsaturated/α-hetero) is 2. The molecule has 4 aliphatic rings. The molecule has 2 amide bonds. The fraction of sp³-hybridized carbons (Fsp3) is 0.481. The molecule has 1 saturated carbocycles. The summed E-state index contributed by atoms with van der Waals surface area (Å²) < 4.78 is 16.0. The number of hydrogen-bond acceptors (Lipinski definition) is 9. The number of nitrogens with one attached hydrogen (secondary N) is 1. The van der Waals surface area contributed by atoms with Gasteiger partial charge in [-0.25, -0.2) is 4.39 Å². The molecule has 1 fully saturated rings. The number of phenols is 1. The van der Waals surface area contributed by atoms with Crippen LogP contribution in [-0.4, -0.2) is 74.4 Å². The standard InChI is InChI=1S/C27H30FN3O8/c1-4-5-9-6-12-17(28)11-7-10-8-13-19(31(2)3)22(34)16(25(29)37)24(36)27(13,39)23(35)14(10)20(32)15(11)21(33)18(12)30-26(9)38/h9-10,13,19,32-33,36,39H,4-8H2,1-3H3,(H2,29,37)(H,30,38)/t9?,10-,13-,19-,27-/m0/s1. The maximum absolute atomic E-state index is 16.0. The number of phenolic OH excluding ortho intramolecular Hbond substituents is 1. The Labute approximate surface area is 222 Å². The minimum absolute atomic E-state index is 0.0523. The number of carbonyl (C=O) groups excluding carboxylic acids is 4. The SMILES string of the molecule is CCCC1Cc2c(F)c3c(c(O)c2NC1=O)C(O)=C1C(=O)[C@]2(O)C(O)=C(C(N)=O)C(=O)[C@@H](N(C)C)[C@@H]2C[C@@H]1C3. The molecule has 0 spiro atoms. The molecular formula is C27H30FN3O8. The highest BCUT2D eigenvalue weighted by molar-refractivity contribution is 6.24. The smallest absolute Gasteiger partial charge is 0.255 e. The average Bonchev–Trinajstić information content (AvgIpc) is 2.85. The van der Waals surface area contributed by atoms with Crippen molar-refractivity contribution in [3.63, 3.8) is 0 Å². The molecule has 1 unspecified atom stereocenters. The number of amides is 2. The van der Waals surface area contributed by atoms with Gasteiger partial charge in [0.15, 0.2) is 17.1 Å². The van der Waals surface area contributed by atoms with Gasteiger partial charge in [0.2, 0.25) is 11.7 Å². The molecule has 1 aliphatic heterocycles. The summed E-state index contributed by atoms with van der Waals surface area (Å²) in [6, 6.07) is -1.23. The van der Waals surface area contributed by atoms with Crippen LogP contribution in [0.3, 0.4) is 0 Å². The highest BCUT2D eigenvalue weighted by atomic mass is 19.1. The molecule has 1 aromatic carbocycles. The molecule has 11 nitrogen and oxygen atoms in total. The van der Waals surface area contributed by atoms with Crippen LogP contribution in [0.1, 0.15) is 42.9 Å². The van der Waals surface area contributed by atoms with Crippen molar-refractivity contribution < 1.29 is 44.0 Å². The van der Waals surface area contributed by atoms with E-state index >= 15 is 4.39 Å². The van der Waals surface area contributed by atoms with Gasteiger partial charge in [0.1, 0.15) is 22.9 Å². The lowest BCUT2D eigenvalue weighted by atomic mass is 9.57. The van der Waals surface area contributed by atoms with Gasteiger partial charge < -0.3 is 31.5 Å². The van der Waals surface area contributed by atoms with Crippen LogP contribution in [0, 0.1) is 23.6 Å². The summed E-state index contributed by atoms with van der Waals surface area (Å²) >= 11 is 0. The van der Waals surface area contributed by atoms with Crippen LogP contribution in [0.25, 0.3) is 5.76 Å². The number of aliphatic hydroxyl groups is 3. The lowest BCUT2D eigenvalue weighted by Crippen LogP contribution is -2.65. The Morgan fingerprint density at radius 2 is 1.82 bits per heavy atom. The lowest BCUT2D eigenvalue weighted by molar-refractivity contribution is -0.153. The van der Waals surface area contributed by atoms with Crippen LogP contribution in [-0.2, 0) is 32.0 Å². The lowest BCUT2D eigenvalue weighted by Gasteiger charge is -2.50. The summed E-state index contributed by atoms with van der Waals surface area (Å²) in [5.41, 5.74) is 0.695. The average molecular weight is 544 g/mol. The summed E-state index contributed by atoms with van der Waals surface area (Å²) in [5, 5.41) is 47.4. The predicted octanol–water partition coefficient (Wildman–Crippen LogP) is 1.01. The van der Waals surface area contributed by atoms with Gasteiger partial charge in [0.05, 0.1) is 17.3 Å². The Kier molecular flexibility index (Phi) is 6.11. The fourth-order valence-corrected chi connectivity index (χ4v) is 6.86. The predicted molar refractivity (Wildman–Crippen MR) is 135 cm³/mol. The number of halogens is 1. The Morgan fingerprint density at radius 1 is 1.15 bits per heavy atom. The van der Waals surface area contributed by atoms with Gasteiger partial charge in [-0.05, 0) is 45.7 Å². The first-order chi connectivity index (χ1) is 18.3. The summed E-state index contributed by atoms with van der Waals surface area (Å²) in [7, 11) is 3.00. The number of carbonyl (C=O) groups is 4. The molecule has 7 N–H and O–H groups in total. The van der Waals surface area contributed by atoms with Crippen molar-refractivity contribution in [3.8, 4) is 5.75 Å². The molecule has 3 aliphatic carbocycles. The van der Waals surface area contributed by atoms with E-state index in [0.717, 1.165) is 0 Å². The van der Waals surface area contributed by atoms with Gasteiger partial charge >= 0.3 is 0 Å². The van der Waals surface area contributed by atoms with Crippen molar-refractivity contribution in [3.05, 3.63) is 39.4 Å². The molecule has 5 rings (SSSR count). The van der Waals surface area contributed by atoms with E-state index in [1.165, 1.54) is 19.0 Å². The number of hydrogen-bond donors (Lipinski definition) is 6. The van der Waals surface area contributed by atoms with E-state index in [1.807, 2.05) is 6.92 Å². The Bertz CT molecular complexity index is 1430. The summed E-state index contributed by atoms with van der Waals surface area (Å²) in [5.74, 6) is -9.76. The van der Waals surface area contributed by atoms with E-state index in [1.54, 1.807) is 0 Å². The zero-order valence-corrected chi connectivity index (χ0v) is 21.7. The number of likely N-dealkylation sites (N-methyl/N-ethyl adjacent to an activating group) is 1. The Morgan fingerprint density at radius 3 is 2.41 bits per heavy atom. The molecule has 0 aromatic heterocycles. The summed E-state index contributed by atoms with van der Waals surface area (Å²) in [6.07, 6.45) is 0.958. The highest BCUT2D eigenvalue weighted by Gasteiger charge is 2.64. The summed E-state index contributed by atoms with van der Waals surface area (Å²) in [4.78, 5) is 53.0. The first-order valence-electron chi connectivity index (χ1n) is 12.8. The maximum Gasteiger partial charge on any atom is 0.255 e. The Hall–Kier alpha value is -3.77. The second kappa shape index (κ2) is 8.88. The fourth-order valence-electron chi connectivity index (χ4n) is 6.86. The number of rotatable bonds is 4. The third-order valence-electron chi connectivity index (χ3n) is 8.63. The number of ketones is 2. The molecule has 12 heteroatoms. The number of anilines is 1. The largest absolute Gasteiger partial charge is 0.508 e. The minimum atomic E-state index is -2.78. The minimum Gasteiger partial charge on any atom is -0.508 e. The monoisotopic (exact) mass is 543 g/mol. The normalized spacial score (nSPS) is 30.1. The quantitative estimate of drug-likeness (QED) is 0.238. The molecule has 208 valence electrons. The van der Waals surface area contributed by atoms with Gasteiger partial charge in [-0.2, -0.15) is 0 Å². The summed E-state index contributed by atoms with van der Waals surface area (Å²) in [6.45, 7) is 1.89. The first-order valence-corrected chi connectivity index (χ1v) is 12.8. The number of fused-ring (bicyclic) bond motifs is 4. The van der Waals surface area contributed by atoms with Crippen LogP contribution in [0.5, 0.6) is 5.75 Å². The van der Waals surface area contributed by atoms with E-state index in [4.69, 9.17) is 5.73 Å². The molecule has 0 radical (unpaired) electrons. The molecule has 5 atom stereocenters. The zero-order chi connectivity index (χ0) is 28.7. The van der Waals surface area contributed by atoms with Crippen molar-refractivity contribution in [1.82, 2.24) is 4.90 Å². The third-order valence-corrected chi connectivity index (χ3v) is 8.63. The van der Waals surface area contributed by atoms with Gasteiger partial charge in [-0.3, -0.25) is 24.1 Å². The second-order valence-electron chi connectivity index (χ2n) is 11.0. The third kappa shape index (κ3) is 3.47. The number of benzene rings is 1. The molecule has 0 saturated heterocycles. The van der Waals surface area contributed by atoms with E-state index in [0.29, 0.717) is 12.8 Å². The molecule has 0 bridgehead atoms. The molecular weight excluding hydrogens is 513 g/mol. The zero-order valence-electron chi connectivity index (χ0n) is 21.7. The van der Waals surface area contributed by atoms with E-state index < -0.39 is 87.0 Å². The second-order valence-corrected chi connectivity index (χ2v) is 11.0. The maximum atomic E-state index is 16.0. The van der Waals surface area contributed by atoms with Crippen LogP contribution in [0.4, 0.5) is 10.1 Å². The van der Waals surface area contributed by atoms with Crippen molar-refractivity contribution >= 4 is 34.8 Å². The number of nitrogens with two attached hydrogens (primary N) is 1.